The van der Waals surface area contributed by atoms with Gasteiger partial charge in [-0.2, -0.15) is 0 Å². The molecule has 1 aromatic carbocycles. The van der Waals surface area contributed by atoms with E-state index in [1.54, 1.807) is 6.07 Å². The van der Waals surface area contributed by atoms with Gasteiger partial charge in [0.15, 0.2) is 0 Å². The van der Waals surface area contributed by atoms with E-state index in [2.05, 4.69) is 40.4 Å². The van der Waals surface area contributed by atoms with Crippen LogP contribution in [-0.2, 0) is 13.0 Å². The van der Waals surface area contributed by atoms with Crippen LogP contribution in [0.15, 0.2) is 36.7 Å². The van der Waals surface area contributed by atoms with Crippen molar-refractivity contribution in [3.05, 3.63) is 53.5 Å². The molecule has 2 aromatic rings. The number of carbonyl (C=O) groups excluding carboxylic acids is 1. The highest BCUT2D eigenvalue weighted by molar-refractivity contribution is 5.93. The van der Waals surface area contributed by atoms with Crippen molar-refractivity contribution in [1.29, 1.82) is 0 Å². The lowest BCUT2D eigenvalue weighted by atomic mass is 10.00. The summed E-state index contributed by atoms with van der Waals surface area (Å²) in [5, 5.41) is 3.24. The molecular weight excluding hydrogens is 288 g/mol. The number of benzene rings is 1. The van der Waals surface area contributed by atoms with Gasteiger partial charge in [-0.15, -0.1) is 0 Å². The fraction of sp³-hybridized carbons (Fsp3) is 0.389. The minimum Gasteiger partial charge on any atom is -0.370 e. The maximum Gasteiger partial charge on any atom is 0.272 e. The smallest absolute Gasteiger partial charge is 0.272 e. The standard InChI is InChI=1S/C18H22N4O/c1-2-3-9-19-17-11-16(20-13-21-17)18(23)22-10-8-14-6-4-5-7-15(14)12-22/h4-7,11,13H,2-3,8-10,12H2,1H3,(H,19,20,21). The van der Waals surface area contributed by atoms with Crippen molar-refractivity contribution in [2.45, 2.75) is 32.7 Å². The lowest BCUT2D eigenvalue weighted by molar-refractivity contribution is 0.0728. The Labute approximate surface area is 136 Å². The fourth-order valence-electron chi connectivity index (χ4n) is 2.80. The van der Waals surface area contributed by atoms with Gasteiger partial charge in [0.1, 0.15) is 17.8 Å². The molecule has 1 N–H and O–H groups in total. The molecule has 2 heterocycles. The van der Waals surface area contributed by atoms with Crippen molar-refractivity contribution in [2.75, 3.05) is 18.4 Å². The van der Waals surface area contributed by atoms with Gasteiger partial charge in [0.05, 0.1) is 0 Å². The minimum atomic E-state index is -0.0274. The molecule has 23 heavy (non-hydrogen) atoms. The summed E-state index contributed by atoms with van der Waals surface area (Å²) in [6, 6.07) is 10.0. The number of unbranched alkanes of at least 4 members (excludes halogenated alkanes) is 1. The Hall–Kier alpha value is -2.43. The van der Waals surface area contributed by atoms with Gasteiger partial charge in [-0.05, 0) is 24.0 Å². The molecule has 1 aliphatic heterocycles. The highest BCUT2D eigenvalue weighted by atomic mass is 16.2. The zero-order valence-electron chi connectivity index (χ0n) is 13.5. The molecule has 1 aromatic heterocycles. The van der Waals surface area contributed by atoms with Crippen molar-refractivity contribution < 1.29 is 4.79 Å². The van der Waals surface area contributed by atoms with Crippen molar-refractivity contribution in [2.24, 2.45) is 0 Å². The quantitative estimate of drug-likeness (QED) is 0.863. The highest BCUT2D eigenvalue weighted by Gasteiger charge is 2.22. The van der Waals surface area contributed by atoms with Gasteiger partial charge >= 0.3 is 0 Å². The zero-order valence-corrected chi connectivity index (χ0v) is 13.5. The van der Waals surface area contributed by atoms with Gasteiger partial charge in [-0.1, -0.05) is 37.6 Å². The number of hydrogen-bond acceptors (Lipinski definition) is 4. The summed E-state index contributed by atoms with van der Waals surface area (Å²) in [7, 11) is 0. The Morgan fingerprint density at radius 2 is 2.09 bits per heavy atom. The van der Waals surface area contributed by atoms with Gasteiger partial charge in [-0.3, -0.25) is 4.79 Å². The van der Waals surface area contributed by atoms with Crippen molar-refractivity contribution in [3.8, 4) is 0 Å². The largest absolute Gasteiger partial charge is 0.370 e. The number of nitrogens with zero attached hydrogens (tertiary/aromatic N) is 3. The van der Waals surface area contributed by atoms with E-state index < -0.39 is 0 Å². The Morgan fingerprint density at radius 1 is 1.26 bits per heavy atom. The normalized spacial score (nSPS) is 13.5. The Kier molecular flexibility index (Phi) is 4.86. The molecule has 5 heteroatoms. The number of hydrogen-bond donors (Lipinski definition) is 1. The molecule has 1 amide bonds. The Bertz CT molecular complexity index is 686. The molecule has 0 atom stereocenters. The van der Waals surface area contributed by atoms with Crippen LogP contribution in [0.5, 0.6) is 0 Å². The number of rotatable bonds is 5. The van der Waals surface area contributed by atoms with Gasteiger partial charge in [0.2, 0.25) is 0 Å². The van der Waals surface area contributed by atoms with E-state index in [9.17, 15) is 4.79 Å². The van der Waals surface area contributed by atoms with Crippen LogP contribution in [0.1, 0.15) is 41.4 Å². The maximum absolute atomic E-state index is 12.7. The van der Waals surface area contributed by atoms with Gasteiger partial charge < -0.3 is 10.2 Å². The topological polar surface area (TPSA) is 58.1 Å². The average molecular weight is 310 g/mol. The number of amides is 1. The van der Waals surface area contributed by atoms with E-state index in [0.717, 1.165) is 32.4 Å². The third kappa shape index (κ3) is 3.67. The summed E-state index contributed by atoms with van der Waals surface area (Å²) in [4.78, 5) is 22.9. The summed E-state index contributed by atoms with van der Waals surface area (Å²) in [6.45, 7) is 4.39. The van der Waals surface area contributed by atoms with Crippen LogP contribution in [0.3, 0.4) is 0 Å². The summed E-state index contributed by atoms with van der Waals surface area (Å²) in [5.41, 5.74) is 3.02. The zero-order chi connectivity index (χ0) is 16.1. The number of anilines is 1. The van der Waals surface area contributed by atoms with Crippen LogP contribution in [0.4, 0.5) is 5.82 Å². The molecule has 1 aliphatic rings. The monoisotopic (exact) mass is 310 g/mol. The maximum atomic E-state index is 12.7. The molecule has 0 saturated heterocycles. The first-order chi connectivity index (χ1) is 11.3. The van der Waals surface area contributed by atoms with E-state index in [0.29, 0.717) is 18.1 Å². The predicted octanol–water partition coefficient (Wildman–Crippen LogP) is 2.89. The van der Waals surface area contributed by atoms with Crippen LogP contribution in [0.25, 0.3) is 0 Å². The van der Waals surface area contributed by atoms with Crippen LogP contribution < -0.4 is 5.32 Å². The second-order valence-corrected chi connectivity index (χ2v) is 5.81. The number of aromatic nitrogens is 2. The van der Waals surface area contributed by atoms with Crippen LogP contribution in [-0.4, -0.2) is 33.9 Å². The van der Waals surface area contributed by atoms with Crippen molar-refractivity contribution in [1.82, 2.24) is 14.9 Å². The summed E-state index contributed by atoms with van der Waals surface area (Å²) in [5.74, 6) is 0.689. The summed E-state index contributed by atoms with van der Waals surface area (Å²) in [6.07, 6.45) is 4.56. The third-order valence-electron chi connectivity index (χ3n) is 4.14. The fourth-order valence-corrected chi connectivity index (χ4v) is 2.80. The van der Waals surface area contributed by atoms with Crippen molar-refractivity contribution in [3.63, 3.8) is 0 Å². The molecule has 0 radical (unpaired) electrons. The molecule has 0 aliphatic carbocycles. The molecule has 3 rings (SSSR count). The second kappa shape index (κ2) is 7.22. The van der Waals surface area contributed by atoms with Gasteiger partial charge in [0.25, 0.3) is 5.91 Å². The summed E-state index contributed by atoms with van der Waals surface area (Å²) < 4.78 is 0. The van der Waals surface area contributed by atoms with E-state index in [4.69, 9.17) is 0 Å². The average Bonchev–Trinajstić information content (AvgIpc) is 2.61. The Morgan fingerprint density at radius 3 is 2.91 bits per heavy atom. The predicted molar refractivity (Wildman–Crippen MR) is 90.3 cm³/mol. The van der Waals surface area contributed by atoms with E-state index in [1.165, 1.54) is 17.5 Å². The van der Waals surface area contributed by atoms with Crippen LogP contribution in [0.2, 0.25) is 0 Å². The molecule has 0 unspecified atom stereocenters. The number of nitrogens with one attached hydrogen (secondary N) is 1. The molecule has 0 spiro atoms. The second-order valence-electron chi connectivity index (χ2n) is 5.81. The number of carbonyl (C=O) groups is 1. The molecule has 0 bridgehead atoms. The molecule has 120 valence electrons. The third-order valence-corrected chi connectivity index (χ3v) is 4.14. The lowest BCUT2D eigenvalue weighted by Crippen LogP contribution is -2.36. The van der Waals surface area contributed by atoms with Crippen LogP contribution >= 0.6 is 0 Å². The van der Waals surface area contributed by atoms with E-state index >= 15 is 0 Å². The SMILES string of the molecule is CCCCNc1cc(C(=O)N2CCc3ccccc3C2)ncn1. The molecular formula is C18H22N4O. The highest BCUT2D eigenvalue weighted by Crippen LogP contribution is 2.20. The van der Waals surface area contributed by atoms with E-state index in [1.807, 2.05) is 11.0 Å². The first-order valence-corrected chi connectivity index (χ1v) is 8.20. The first kappa shape index (κ1) is 15.5. The Balaban J connectivity index is 1.70. The summed E-state index contributed by atoms with van der Waals surface area (Å²) >= 11 is 0. The van der Waals surface area contributed by atoms with Crippen LogP contribution in [0, 0.1) is 0 Å². The number of fused-ring (bicyclic) bond motifs is 1. The molecule has 0 fully saturated rings. The molecule has 5 nitrogen and oxygen atoms in total. The van der Waals surface area contributed by atoms with Crippen molar-refractivity contribution >= 4 is 11.7 Å². The molecule has 0 saturated carbocycles. The minimum absolute atomic E-state index is 0.0274. The lowest BCUT2D eigenvalue weighted by Gasteiger charge is -2.28. The van der Waals surface area contributed by atoms with E-state index in [-0.39, 0.29) is 5.91 Å². The first-order valence-electron chi connectivity index (χ1n) is 8.20. The van der Waals surface area contributed by atoms with Gasteiger partial charge in [-0.25, -0.2) is 9.97 Å². The van der Waals surface area contributed by atoms with Gasteiger partial charge in [0, 0.05) is 25.7 Å².